The molecule has 1 fully saturated rings. The molecule has 7 nitrogen and oxygen atoms in total. The fourth-order valence-electron chi connectivity index (χ4n) is 2.23. The Bertz CT molecular complexity index is 995. The molecule has 1 N–H and O–H groups in total. The van der Waals surface area contributed by atoms with Gasteiger partial charge in [-0.25, -0.2) is 0 Å². The molecule has 2 aromatic carbocycles. The summed E-state index contributed by atoms with van der Waals surface area (Å²) >= 11 is 11.9. The second-order valence-corrected chi connectivity index (χ2v) is 7.37. The number of hydrogen-bond acceptors (Lipinski definition) is 6. The molecule has 10 heteroatoms. The lowest BCUT2D eigenvalue weighted by Gasteiger charge is -2.15. The first-order chi connectivity index (χ1) is 12.9. The molecule has 136 valence electrons. The highest BCUT2D eigenvalue weighted by atomic mass is 35.5. The predicted octanol–water partition coefficient (Wildman–Crippen LogP) is 3.79. The number of nitrogens with one attached hydrogen (secondary N) is 1. The summed E-state index contributed by atoms with van der Waals surface area (Å²) in [6, 6.07) is 12.6. The van der Waals surface area contributed by atoms with E-state index < -0.39 is 16.7 Å². The van der Waals surface area contributed by atoms with Gasteiger partial charge in [0, 0.05) is 11.6 Å². The molecule has 0 atom stereocenters. The average molecular weight is 420 g/mol. The molecule has 3 rings (SSSR count). The highest BCUT2D eigenvalue weighted by Gasteiger charge is 2.33. The van der Waals surface area contributed by atoms with Gasteiger partial charge in [-0.05, 0) is 42.1 Å². The van der Waals surface area contributed by atoms with Crippen LogP contribution in [0.4, 0.5) is 5.69 Å². The van der Waals surface area contributed by atoms with Crippen molar-refractivity contribution < 1.29 is 14.5 Å². The second-order valence-electron chi connectivity index (χ2n) is 5.29. The van der Waals surface area contributed by atoms with E-state index >= 15 is 0 Å². The van der Waals surface area contributed by atoms with E-state index in [-0.39, 0.29) is 19.9 Å². The number of carbonyl (C=O) groups is 2. The van der Waals surface area contributed by atoms with Gasteiger partial charge in [0.15, 0.2) is 4.32 Å². The first-order valence-electron chi connectivity index (χ1n) is 7.45. The number of thiocarbonyl (C=S) groups is 1. The van der Waals surface area contributed by atoms with Gasteiger partial charge in [0.2, 0.25) is 0 Å². The van der Waals surface area contributed by atoms with Crippen molar-refractivity contribution in [2.24, 2.45) is 0 Å². The largest absolute Gasteiger partial charge is 0.288 e. The van der Waals surface area contributed by atoms with Gasteiger partial charge in [0.1, 0.15) is 5.02 Å². The van der Waals surface area contributed by atoms with Crippen molar-refractivity contribution in [2.75, 3.05) is 0 Å². The number of rotatable bonds is 4. The maximum absolute atomic E-state index is 12.5. The molecule has 27 heavy (non-hydrogen) atoms. The number of thioether (sulfide) groups is 1. The Morgan fingerprint density at radius 1 is 1.26 bits per heavy atom. The Labute approximate surface area is 168 Å². The third-order valence-electron chi connectivity index (χ3n) is 3.51. The van der Waals surface area contributed by atoms with Crippen LogP contribution in [0.1, 0.15) is 15.9 Å². The smallest absolute Gasteiger partial charge is 0.267 e. The number of nitro benzene ring substituents is 1. The molecule has 1 saturated heterocycles. The van der Waals surface area contributed by atoms with Crippen LogP contribution in [-0.4, -0.2) is 26.1 Å². The van der Waals surface area contributed by atoms with E-state index in [0.717, 1.165) is 16.8 Å². The van der Waals surface area contributed by atoms with Crippen molar-refractivity contribution >= 4 is 63.5 Å². The van der Waals surface area contributed by atoms with Crippen molar-refractivity contribution in [2.45, 2.75) is 0 Å². The lowest BCUT2D eigenvalue weighted by atomic mass is 10.2. The summed E-state index contributed by atoms with van der Waals surface area (Å²) in [5.74, 6) is -0.998. The van der Waals surface area contributed by atoms with Crippen LogP contribution in [0.5, 0.6) is 0 Å². The fourth-order valence-corrected chi connectivity index (χ4v) is 3.60. The van der Waals surface area contributed by atoms with E-state index in [1.807, 2.05) is 0 Å². The van der Waals surface area contributed by atoms with E-state index in [1.54, 1.807) is 36.4 Å². The topological polar surface area (TPSA) is 92.6 Å². The average Bonchev–Trinajstić information content (AvgIpc) is 2.91. The lowest BCUT2D eigenvalue weighted by molar-refractivity contribution is -0.384. The minimum Gasteiger partial charge on any atom is -0.267 e. The normalized spacial score (nSPS) is 15.3. The molecular formula is C17H10ClN3O4S2. The highest BCUT2D eigenvalue weighted by molar-refractivity contribution is 8.26. The summed E-state index contributed by atoms with van der Waals surface area (Å²) in [5, 5.41) is 12.0. The zero-order valence-corrected chi connectivity index (χ0v) is 15.8. The zero-order valence-electron chi connectivity index (χ0n) is 13.4. The molecular weight excluding hydrogens is 410 g/mol. The zero-order chi connectivity index (χ0) is 19.6. The van der Waals surface area contributed by atoms with Crippen LogP contribution in [0.25, 0.3) is 6.08 Å². The van der Waals surface area contributed by atoms with Crippen molar-refractivity contribution in [3.05, 3.63) is 79.7 Å². The van der Waals surface area contributed by atoms with E-state index in [0.29, 0.717) is 11.1 Å². The number of nitrogens with zero attached hydrogens (tertiary/aromatic N) is 2. The van der Waals surface area contributed by atoms with Crippen molar-refractivity contribution in [1.29, 1.82) is 0 Å². The van der Waals surface area contributed by atoms with Crippen LogP contribution in [0, 0.1) is 10.1 Å². The fraction of sp³-hybridized carbons (Fsp3) is 0. The van der Waals surface area contributed by atoms with Crippen molar-refractivity contribution in [1.82, 2.24) is 10.4 Å². The molecule has 0 saturated carbocycles. The summed E-state index contributed by atoms with van der Waals surface area (Å²) < 4.78 is 0.152. The Balaban J connectivity index is 1.82. The minimum atomic E-state index is -0.606. The Hall–Kier alpha value is -2.75. The number of nitro groups is 1. The lowest BCUT2D eigenvalue weighted by Crippen LogP contribution is -2.44. The quantitative estimate of drug-likeness (QED) is 0.351. The van der Waals surface area contributed by atoms with Crippen LogP contribution in [-0.2, 0) is 4.79 Å². The van der Waals surface area contributed by atoms with Crippen molar-refractivity contribution in [3.63, 3.8) is 0 Å². The van der Waals surface area contributed by atoms with Gasteiger partial charge in [-0.1, -0.05) is 47.6 Å². The summed E-state index contributed by atoms with van der Waals surface area (Å²) in [4.78, 5) is 35.4. The van der Waals surface area contributed by atoms with Gasteiger partial charge < -0.3 is 0 Å². The molecule has 0 unspecified atom stereocenters. The summed E-state index contributed by atoms with van der Waals surface area (Å²) in [5.41, 5.74) is 2.99. The number of halogens is 1. The molecule has 0 aromatic heterocycles. The highest BCUT2D eigenvalue weighted by Crippen LogP contribution is 2.33. The van der Waals surface area contributed by atoms with Crippen LogP contribution in [0.15, 0.2) is 53.4 Å². The predicted molar refractivity (Wildman–Crippen MR) is 107 cm³/mol. The molecule has 1 heterocycles. The van der Waals surface area contributed by atoms with Gasteiger partial charge in [0.25, 0.3) is 17.5 Å². The number of carbonyl (C=O) groups excluding carboxylic acids is 2. The first kappa shape index (κ1) is 19.0. The van der Waals surface area contributed by atoms with Crippen LogP contribution >= 0.6 is 35.6 Å². The van der Waals surface area contributed by atoms with Crippen LogP contribution < -0.4 is 5.43 Å². The second kappa shape index (κ2) is 7.87. The maximum atomic E-state index is 12.5. The maximum Gasteiger partial charge on any atom is 0.288 e. The van der Waals surface area contributed by atoms with Gasteiger partial charge in [-0.15, -0.1) is 0 Å². The molecule has 0 bridgehead atoms. The Morgan fingerprint density at radius 2 is 1.96 bits per heavy atom. The Kier molecular flexibility index (Phi) is 5.54. The van der Waals surface area contributed by atoms with E-state index in [9.17, 15) is 19.7 Å². The van der Waals surface area contributed by atoms with Gasteiger partial charge >= 0.3 is 0 Å². The summed E-state index contributed by atoms with van der Waals surface area (Å²) in [6.07, 6.45) is 1.46. The number of benzene rings is 2. The Morgan fingerprint density at radius 3 is 2.63 bits per heavy atom. The van der Waals surface area contributed by atoms with E-state index in [2.05, 4.69) is 5.43 Å². The minimum absolute atomic E-state index is 0.000164. The molecule has 2 aromatic rings. The van der Waals surface area contributed by atoms with Crippen molar-refractivity contribution in [3.8, 4) is 0 Å². The van der Waals surface area contributed by atoms with Crippen LogP contribution in [0.2, 0.25) is 5.02 Å². The first-order valence-corrected chi connectivity index (χ1v) is 9.05. The molecule has 0 radical (unpaired) electrons. The van der Waals surface area contributed by atoms with E-state index in [4.69, 9.17) is 23.8 Å². The molecule has 0 aliphatic carbocycles. The SMILES string of the molecule is O=C(NN1C(=O)/C(=C/c2ccc(Cl)c([N+](=O)[O-])c2)SC1=S)c1ccccc1. The summed E-state index contributed by atoms with van der Waals surface area (Å²) in [6.45, 7) is 0. The molecule has 1 aliphatic rings. The summed E-state index contributed by atoms with van der Waals surface area (Å²) in [7, 11) is 0. The van der Waals surface area contributed by atoms with Gasteiger partial charge in [-0.3, -0.25) is 25.1 Å². The standard InChI is InChI=1S/C17H10ClN3O4S2/c18-12-7-6-10(8-13(12)21(24)25)9-14-16(23)20(17(26)27-14)19-15(22)11-4-2-1-3-5-11/h1-9H,(H,19,22)/b14-9-. The number of hydrogen-bond donors (Lipinski definition) is 1. The third-order valence-corrected chi connectivity index (χ3v) is 5.13. The molecule has 1 aliphatic heterocycles. The third kappa shape index (κ3) is 4.16. The van der Waals surface area contributed by atoms with Gasteiger partial charge in [0.05, 0.1) is 9.83 Å². The van der Waals surface area contributed by atoms with Crippen LogP contribution in [0.3, 0.4) is 0 Å². The number of hydrazine groups is 1. The van der Waals surface area contributed by atoms with Gasteiger partial charge in [-0.2, -0.15) is 5.01 Å². The monoisotopic (exact) mass is 419 g/mol. The molecule has 2 amide bonds. The molecule has 0 spiro atoms. The van der Waals surface area contributed by atoms with E-state index in [1.165, 1.54) is 18.2 Å². The number of amides is 2.